The molecule has 27 heavy (non-hydrogen) atoms. The average Bonchev–Trinajstić information content (AvgIpc) is 3.37. The summed E-state index contributed by atoms with van der Waals surface area (Å²) in [6.07, 6.45) is 1.23. The SMILES string of the molecule is CS(=O)(=O)C(CCCc1ccc(-c2ccc(-c3cccs3)s2)s1)C(O)NO. The van der Waals surface area contributed by atoms with Crippen molar-refractivity contribution < 1.29 is 18.7 Å². The van der Waals surface area contributed by atoms with Crippen LogP contribution in [0.25, 0.3) is 19.5 Å². The maximum atomic E-state index is 11.8. The molecule has 3 aromatic rings. The van der Waals surface area contributed by atoms with Crippen LogP contribution in [0.15, 0.2) is 41.8 Å². The van der Waals surface area contributed by atoms with Gasteiger partial charge < -0.3 is 10.3 Å². The minimum atomic E-state index is -3.45. The molecule has 0 aliphatic rings. The molecule has 5 nitrogen and oxygen atoms in total. The number of hydrogen-bond donors (Lipinski definition) is 3. The first-order valence-corrected chi connectivity index (χ1v) is 12.8. The monoisotopic (exact) mass is 443 g/mol. The van der Waals surface area contributed by atoms with Gasteiger partial charge in [-0.1, -0.05) is 6.07 Å². The number of hydrogen-bond acceptors (Lipinski definition) is 8. The van der Waals surface area contributed by atoms with Crippen molar-refractivity contribution in [3.63, 3.8) is 0 Å². The number of sulfone groups is 1. The Morgan fingerprint density at radius 3 is 2.33 bits per heavy atom. The Morgan fingerprint density at radius 1 is 1.04 bits per heavy atom. The third-order valence-corrected chi connectivity index (χ3v) is 9.31. The standard InChI is InChI=1S/C18H21NO4S4/c1-27(22,23)17(18(20)19-21)6-2-4-12-7-8-15(25-12)16-10-9-14(26-16)13-5-3-11-24-13/h3,5,7-11,17-21H,2,4,6H2,1H3. The van der Waals surface area contributed by atoms with E-state index in [2.05, 4.69) is 41.8 Å². The Kier molecular flexibility index (Phi) is 6.85. The first-order valence-electron chi connectivity index (χ1n) is 8.38. The second-order valence-corrected chi connectivity index (χ2v) is 11.7. The molecule has 0 spiro atoms. The van der Waals surface area contributed by atoms with E-state index < -0.39 is 21.3 Å². The Hall–Kier alpha value is -1.07. The van der Waals surface area contributed by atoms with E-state index in [9.17, 15) is 13.5 Å². The van der Waals surface area contributed by atoms with Crippen molar-refractivity contribution in [1.82, 2.24) is 5.48 Å². The minimum Gasteiger partial charge on any atom is -0.375 e. The molecule has 0 radical (unpaired) electrons. The quantitative estimate of drug-likeness (QED) is 0.340. The van der Waals surface area contributed by atoms with Crippen molar-refractivity contribution >= 4 is 43.8 Å². The van der Waals surface area contributed by atoms with E-state index in [1.54, 1.807) is 39.5 Å². The van der Waals surface area contributed by atoms with Crippen LogP contribution in [0.4, 0.5) is 0 Å². The van der Waals surface area contributed by atoms with Crippen molar-refractivity contribution in [1.29, 1.82) is 0 Å². The molecule has 3 aromatic heterocycles. The van der Waals surface area contributed by atoms with Gasteiger partial charge in [0.25, 0.3) is 0 Å². The van der Waals surface area contributed by atoms with E-state index in [1.807, 2.05) is 0 Å². The maximum absolute atomic E-state index is 11.8. The summed E-state index contributed by atoms with van der Waals surface area (Å²) < 4.78 is 23.5. The molecule has 0 saturated heterocycles. The molecule has 2 atom stereocenters. The molecule has 0 saturated carbocycles. The van der Waals surface area contributed by atoms with Crippen LogP contribution >= 0.6 is 34.0 Å². The van der Waals surface area contributed by atoms with Crippen molar-refractivity contribution in [3.05, 3.63) is 46.7 Å². The van der Waals surface area contributed by atoms with Crippen LogP contribution in [-0.4, -0.2) is 36.5 Å². The van der Waals surface area contributed by atoms with Gasteiger partial charge >= 0.3 is 0 Å². The second-order valence-electron chi connectivity index (χ2n) is 6.24. The van der Waals surface area contributed by atoms with Crippen LogP contribution in [0.5, 0.6) is 0 Å². The van der Waals surface area contributed by atoms with Crippen molar-refractivity contribution in [2.75, 3.05) is 6.26 Å². The van der Waals surface area contributed by atoms with Crippen molar-refractivity contribution in [2.24, 2.45) is 0 Å². The number of rotatable bonds is 9. The van der Waals surface area contributed by atoms with E-state index in [1.165, 1.54) is 24.4 Å². The lowest BCUT2D eigenvalue weighted by Crippen LogP contribution is -2.42. The summed E-state index contributed by atoms with van der Waals surface area (Å²) in [5, 5.41) is 19.5. The molecular weight excluding hydrogens is 422 g/mol. The van der Waals surface area contributed by atoms with E-state index in [-0.39, 0.29) is 6.42 Å². The molecule has 2 unspecified atom stereocenters. The largest absolute Gasteiger partial charge is 0.375 e. The van der Waals surface area contributed by atoms with Gasteiger partial charge in [-0.15, -0.1) is 34.0 Å². The molecule has 0 aliphatic carbocycles. The van der Waals surface area contributed by atoms with E-state index in [0.29, 0.717) is 6.42 Å². The lowest BCUT2D eigenvalue weighted by Gasteiger charge is -2.19. The summed E-state index contributed by atoms with van der Waals surface area (Å²) in [6, 6.07) is 12.6. The summed E-state index contributed by atoms with van der Waals surface area (Å²) in [7, 11) is -3.45. The van der Waals surface area contributed by atoms with Crippen LogP contribution in [0.1, 0.15) is 17.7 Å². The highest BCUT2D eigenvalue weighted by atomic mass is 32.2. The fourth-order valence-electron chi connectivity index (χ4n) is 2.83. The van der Waals surface area contributed by atoms with Gasteiger partial charge in [0, 0.05) is 30.6 Å². The molecular formula is C18H21NO4S4. The Bertz CT molecular complexity index is 959. The number of aliphatic hydroxyl groups is 1. The Balaban J connectivity index is 1.61. The molecule has 0 bridgehead atoms. The highest BCUT2D eigenvalue weighted by molar-refractivity contribution is 7.91. The zero-order valence-corrected chi connectivity index (χ0v) is 17.9. The summed E-state index contributed by atoms with van der Waals surface area (Å²) >= 11 is 5.21. The molecule has 0 amide bonds. The highest BCUT2D eigenvalue weighted by Gasteiger charge is 2.28. The van der Waals surface area contributed by atoms with Crippen molar-refractivity contribution in [3.8, 4) is 19.5 Å². The molecule has 0 fully saturated rings. The van der Waals surface area contributed by atoms with Crippen LogP contribution < -0.4 is 5.48 Å². The predicted molar refractivity (Wildman–Crippen MR) is 113 cm³/mol. The Morgan fingerprint density at radius 2 is 1.70 bits per heavy atom. The zero-order chi connectivity index (χ0) is 19.4. The molecule has 0 aliphatic heterocycles. The molecule has 3 heterocycles. The van der Waals surface area contributed by atoms with Crippen molar-refractivity contribution in [2.45, 2.75) is 30.7 Å². The molecule has 0 aromatic carbocycles. The fraction of sp³-hybridized carbons (Fsp3) is 0.333. The van der Waals surface area contributed by atoms with Crippen LogP contribution in [0.2, 0.25) is 0 Å². The molecule has 3 rings (SSSR count). The molecule has 146 valence electrons. The normalized spacial score (nSPS) is 14.3. The van der Waals surface area contributed by atoms with Gasteiger partial charge in [0.1, 0.15) is 11.5 Å². The third-order valence-electron chi connectivity index (χ3n) is 4.22. The second kappa shape index (κ2) is 8.95. The van der Waals surface area contributed by atoms with Gasteiger partial charge in [-0.2, -0.15) is 5.48 Å². The van der Waals surface area contributed by atoms with Gasteiger partial charge in [-0.3, -0.25) is 0 Å². The topological polar surface area (TPSA) is 86.6 Å². The Labute approximate surface area is 170 Å². The first kappa shape index (κ1) is 20.7. The van der Waals surface area contributed by atoms with E-state index >= 15 is 0 Å². The van der Waals surface area contributed by atoms with Gasteiger partial charge in [0.15, 0.2) is 9.84 Å². The number of thiophene rings is 3. The van der Waals surface area contributed by atoms with E-state index in [4.69, 9.17) is 5.21 Å². The predicted octanol–water partition coefficient (Wildman–Crippen LogP) is 4.24. The number of nitrogens with one attached hydrogen (secondary N) is 1. The summed E-state index contributed by atoms with van der Waals surface area (Å²) in [5.41, 5.74) is 1.64. The fourth-order valence-corrected chi connectivity index (χ4v) is 6.94. The van der Waals surface area contributed by atoms with Gasteiger partial charge in [0.05, 0.1) is 0 Å². The minimum absolute atomic E-state index is 0.280. The van der Waals surface area contributed by atoms with Crippen LogP contribution in [-0.2, 0) is 16.3 Å². The summed E-state index contributed by atoms with van der Waals surface area (Å²) in [4.78, 5) is 6.13. The lowest BCUT2D eigenvalue weighted by molar-refractivity contribution is -0.00144. The maximum Gasteiger partial charge on any atom is 0.154 e. The number of aliphatic hydroxyl groups excluding tert-OH is 1. The van der Waals surface area contributed by atoms with Gasteiger partial charge in [-0.25, -0.2) is 8.42 Å². The zero-order valence-electron chi connectivity index (χ0n) is 14.7. The van der Waals surface area contributed by atoms with Crippen LogP contribution in [0.3, 0.4) is 0 Å². The molecule has 9 heteroatoms. The van der Waals surface area contributed by atoms with E-state index in [0.717, 1.165) is 12.7 Å². The van der Waals surface area contributed by atoms with Gasteiger partial charge in [-0.05, 0) is 55.0 Å². The highest BCUT2D eigenvalue weighted by Crippen LogP contribution is 2.39. The first-order chi connectivity index (χ1) is 12.9. The number of aryl methyl sites for hydroxylation is 1. The lowest BCUT2D eigenvalue weighted by atomic mass is 10.1. The number of hydroxylamine groups is 1. The third kappa shape index (κ3) is 5.26. The smallest absolute Gasteiger partial charge is 0.154 e. The van der Waals surface area contributed by atoms with Crippen LogP contribution in [0, 0.1) is 0 Å². The molecule has 3 N–H and O–H groups in total. The average molecular weight is 444 g/mol. The van der Waals surface area contributed by atoms with Gasteiger partial charge in [0.2, 0.25) is 0 Å². The summed E-state index contributed by atoms with van der Waals surface area (Å²) in [5.74, 6) is 0. The summed E-state index contributed by atoms with van der Waals surface area (Å²) in [6.45, 7) is 0.